The zero-order valence-corrected chi connectivity index (χ0v) is 11.6. The van der Waals surface area contributed by atoms with Gasteiger partial charge in [-0.3, -0.25) is 0 Å². The quantitative estimate of drug-likeness (QED) is 0.426. The zero-order chi connectivity index (χ0) is 11.7. The second kappa shape index (κ2) is 8.11. The van der Waals surface area contributed by atoms with Crippen molar-refractivity contribution in [3.63, 3.8) is 0 Å². The van der Waals surface area contributed by atoms with Crippen molar-refractivity contribution < 1.29 is 4.48 Å². The van der Waals surface area contributed by atoms with Crippen LogP contribution < -0.4 is 0 Å². The van der Waals surface area contributed by atoms with Gasteiger partial charge in [0.2, 0.25) is 0 Å². The molecule has 0 amide bonds. The molecule has 0 aliphatic carbocycles. The van der Waals surface area contributed by atoms with E-state index in [0.29, 0.717) is 0 Å². The summed E-state index contributed by atoms with van der Waals surface area (Å²) in [6, 6.07) is 0. The largest absolute Gasteiger partial charge is 0.324 e. The molecule has 0 N–H and O–H groups in total. The fraction of sp³-hybridized carbons (Fsp3) is 1.00. The van der Waals surface area contributed by atoms with Gasteiger partial charge in [0.05, 0.1) is 26.2 Å². The van der Waals surface area contributed by atoms with E-state index in [0.717, 1.165) is 0 Å². The molecule has 1 nitrogen and oxygen atoms in total. The average Bonchev–Trinajstić information content (AvgIpc) is 2.31. The Balaban J connectivity index is 2.33. The standard InChI is InChI=1S/C15H32N/c1-3-5-8-12-16(13-9-6-4-2)14-10-7-11-15-16/h3-15H2,1-2H3/q+1. The summed E-state index contributed by atoms with van der Waals surface area (Å²) in [7, 11) is 0. The fourth-order valence-corrected chi connectivity index (χ4v) is 3.14. The Morgan fingerprint density at radius 2 is 1.19 bits per heavy atom. The van der Waals surface area contributed by atoms with Gasteiger partial charge in [-0.05, 0) is 44.9 Å². The Morgan fingerprint density at radius 1 is 0.688 bits per heavy atom. The van der Waals surface area contributed by atoms with Gasteiger partial charge in [-0.25, -0.2) is 0 Å². The Bertz CT molecular complexity index is 147. The van der Waals surface area contributed by atoms with E-state index < -0.39 is 0 Å². The number of likely N-dealkylation sites (tertiary alicyclic amines) is 1. The second-order valence-electron chi connectivity index (χ2n) is 5.71. The van der Waals surface area contributed by atoms with Crippen molar-refractivity contribution in [3.8, 4) is 0 Å². The van der Waals surface area contributed by atoms with Crippen molar-refractivity contribution >= 4 is 0 Å². The predicted molar refractivity (Wildman–Crippen MR) is 72.6 cm³/mol. The minimum Gasteiger partial charge on any atom is -0.324 e. The number of nitrogens with zero attached hydrogens (tertiary/aromatic N) is 1. The SMILES string of the molecule is CCCCC[N+]1(CCCCC)CCCCC1. The summed E-state index contributed by atoms with van der Waals surface area (Å²) in [5.41, 5.74) is 0. The topological polar surface area (TPSA) is 0 Å². The Hall–Kier alpha value is -0.0400. The Morgan fingerprint density at radius 3 is 1.62 bits per heavy atom. The predicted octanol–water partition coefficient (Wildman–Crippen LogP) is 4.37. The molecule has 0 spiro atoms. The summed E-state index contributed by atoms with van der Waals surface area (Å²) in [5, 5.41) is 0. The molecule has 0 aromatic heterocycles. The average molecular weight is 226 g/mol. The van der Waals surface area contributed by atoms with Gasteiger partial charge in [0.1, 0.15) is 0 Å². The summed E-state index contributed by atoms with van der Waals surface area (Å²) in [4.78, 5) is 0. The smallest absolute Gasteiger partial charge is 0.0786 e. The molecule has 0 aromatic carbocycles. The van der Waals surface area contributed by atoms with Gasteiger partial charge in [0.15, 0.2) is 0 Å². The van der Waals surface area contributed by atoms with Crippen LogP contribution in [0.25, 0.3) is 0 Å². The van der Waals surface area contributed by atoms with Gasteiger partial charge < -0.3 is 4.48 Å². The fourth-order valence-electron chi connectivity index (χ4n) is 3.14. The lowest BCUT2D eigenvalue weighted by Gasteiger charge is -2.42. The summed E-state index contributed by atoms with van der Waals surface area (Å²) in [6.07, 6.45) is 13.0. The van der Waals surface area contributed by atoms with Crippen LogP contribution in [-0.2, 0) is 0 Å². The molecule has 1 heterocycles. The number of rotatable bonds is 8. The third kappa shape index (κ3) is 4.86. The van der Waals surface area contributed by atoms with Gasteiger partial charge in [0, 0.05) is 0 Å². The molecular formula is C15H32N+. The lowest BCUT2D eigenvalue weighted by Crippen LogP contribution is -2.52. The lowest BCUT2D eigenvalue weighted by molar-refractivity contribution is -0.932. The Labute approximate surface area is 103 Å². The van der Waals surface area contributed by atoms with Gasteiger partial charge in [-0.1, -0.05) is 26.7 Å². The third-order valence-electron chi connectivity index (χ3n) is 4.24. The highest BCUT2D eigenvalue weighted by molar-refractivity contribution is 4.55. The minimum atomic E-state index is 1.37. The molecule has 1 aliphatic rings. The van der Waals surface area contributed by atoms with Crippen molar-refractivity contribution in [1.29, 1.82) is 0 Å². The van der Waals surface area contributed by atoms with E-state index in [2.05, 4.69) is 13.8 Å². The minimum absolute atomic E-state index is 1.37. The van der Waals surface area contributed by atoms with E-state index in [1.807, 2.05) is 0 Å². The monoisotopic (exact) mass is 226 g/mol. The van der Waals surface area contributed by atoms with Crippen LogP contribution in [0.5, 0.6) is 0 Å². The molecule has 1 fully saturated rings. The Kier molecular flexibility index (Phi) is 7.11. The number of hydrogen-bond donors (Lipinski definition) is 0. The van der Waals surface area contributed by atoms with Gasteiger partial charge in [-0.15, -0.1) is 0 Å². The van der Waals surface area contributed by atoms with Crippen LogP contribution in [-0.4, -0.2) is 30.7 Å². The van der Waals surface area contributed by atoms with Crippen molar-refractivity contribution in [2.24, 2.45) is 0 Å². The van der Waals surface area contributed by atoms with E-state index in [4.69, 9.17) is 0 Å². The van der Waals surface area contributed by atoms with Gasteiger partial charge in [0.25, 0.3) is 0 Å². The molecule has 0 unspecified atom stereocenters. The van der Waals surface area contributed by atoms with E-state index >= 15 is 0 Å². The third-order valence-corrected chi connectivity index (χ3v) is 4.24. The molecule has 96 valence electrons. The first kappa shape index (κ1) is 14.0. The molecule has 16 heavy (non-hydrogen) atoms. The first-order valence-electron chi connectivity index (χ1n) is 7.68. The second-order valence-corrected chi connectivity index (χ2v) is 5.71. The summed E-state index contributed by atoms with van der Waals surface area (Å²) in [5.74, 6) is 0. The molecule has 1 rings (SSSR count). The highest BCUT2D eigenvalue weighted by Gasteiger charge is 2.28. The highest BCUT2D eigenvalue weighted by Crippen LogP contribution is 2.21. The van der Waals surface area contributed by atoms with Crippen LogP contribution in [0.4, 0.5) is 0 Å². The molecule has 0 atom stereocenters. The molecule has 0 aromatic rings. The number of hydrogen-bond acceptors (Lipinski definition) is 0. The van der Waals surface area contributed by atoms with Crippen molar-refractivity contribution in [1.82, 2.24) is 0 Å². The number of unbranched alkanes of at least 4 members (excludes halogenated alkanes) is 4. The van der Waals surface area contributed by atoms with Gasteiger partial charge >= 0.3 is 0 Å². The van der Waals surface area contributed by atoms with E-state index in [-0.39, 0.29) is 0 Å². The molecule has 1 saturated heterocycles. The van der Waals surface area contributed by atoms with Crippen LogP contribution >= 0.6 is 0 Å². The lowest BCUT2D eigenvalue weighted by atomic mass is 10.0. The van der Waals surface area contributed by atoms with Crippen molar-refractivity contribution in [2.75, 3.05) is 26.2 Å². The maximum atomic E-state index is 2.32. The highest BCUT2D eigenvalue weighted by atomic mass is 15.3. The van der Waals surface area contributed by atoms with Crippen molar-refractivity contribution in [3.05, 3.63) is 0 Å². The first-order valence-corrected chi connectivity index (χ1v) is 7.68. The first-order chi connectivity index (χ1) is 7.83. The van der Waals surface area contributed by atoms with Crippen LogP contribution in [0, 0.1) is 0 Å². The molecule has 0 bridgehead atoms. The van der Waals surface area contributed by atoms with Crippen LogP contribution in [0.15, 0.2) is 0 Å². The maximum absolute atomic E-state index is 2.32. The van der Waals surface area contributed by atoms with Crippen LogP contribution in [0.2, 0.25) is 0 Å². The van der Waals surface area contributed by atoms with Crippen LogP contribution in [0.1, 0.15) is 71.6 Å². The van der Waals surface area contributed by atoms with Crippen molar-refractivity contribution in [2.45, 2.75) is 71.6 Å². The van der Waals surface area contributed by atoms with E-state index in [1.54, 1.807) is 0 Å². The van der Waals surface area contributed by atoms with Gasteiger partial charge in [-0.2, -0.15) is 0 Å². The van der Waals surface area contributed by atoms with E-state index in [1.165, 1.54) is 88.4 Å². The molecular weight excluding hydrogens is 194 g/mol. The molecule has 0 saturated carbocycles. The molecule has 0 radical (unpaired) electrons. The summed E-state index contributed by atoms with van der Waals surface area (Å²) < 4.78 is 1.47. The number of piperidine rings is 1. The molecule has 1 aliphatic heterocycles. The summed E-state index contributed by atoms with van der Waals surface area (Å²) >= 11 is 0. The van der Waals surface area contributed by atoms with Crippen LogP contribution in [0.3, 0.4) is 0 Å². The maximum Gasteiger partial charge on any atom is 0.0786 e. The number of quaternary nitrogens is 1. The zero-order valence-electron chi connectivity index (χ0n) is 11.6. The molecule has 1 heteroatoms. The normalized spacial score (nSPS) is 19.9. The van der Waals surface area contributed by atoms with E-state index in [9.17, 15) is 0 Å². The summed E-state index contributed by atoms with van der Waals surface area (Å²) in [6.45, 7) is 10.5.